The second-order valence-electron chi connectivity index (χ2n) is 4.06. The molecule has 4 heteroatoms. The highest BCUT2D eigenvalue weighted by Crippen LogP contribution is 2.33. The zero-order valence-corrected chi connectivity index (χ0v) is 10.2. The fourth-order valence-electron chi connectivity index (χ4n) is 2.14. The van der Waals surface area contributed by atoms with E-state index in [1.807, 2.05) is 18.2 Å². The maximum atomic E-state index is 9.15. The molecule has 3 nitrogen and oxygen atoms in total. The second kappa shape index (κ2) is 4.32. The smallest absolute Gasteiger partial charge is 0.147 e. The van der Waals surface area contributed by atoms with Crippen LogP contribution in [0.5, 0.6) is 5.75 Å². The van der Waals surface area contributed by atoms with Gasteiger partial charge in [-0.1, -0.05) is 17.7 Å². The van der Waals surface area contributed by atoms with E-state index in [-0.39, 0.29) is 5.15 Å². The Hall–Kier alpha value is -2.05. The standard InChI is InChI=1S/C14H9ClN2O/c15-14-12(8-16)11(3-5-17-14)9-1-2-13-10(7-9)4-6-18-13/h1-3,5,7H,4,6H2. The third-order valence-electron chi connectivity index (χ3n) is 3.02. The third kappa shape index (κ3) is 1.71. The summed E-state index contributed by atoms with van der Waals surface area (Å²) in [5.74, 6) is 0.928. The lowest BCUT2D eigenvalue weighted by Crippen LogP contribution is -1.89. The normalized spacial score (nSPS) is 12.7. The molecule has 0 atom stereocenters. The van der Waals surface area contributed by atoms with Crippen molar-refractivity contribution in [2.45, 2.75) is 6.42 Å². The first kappa shape index (κ1) is 11.1. The summed E-state index contributed by atoms with van der Waals surface area (Å²) >= 11 is 5.94. The van der Waals surface area contributed by atoms with E-state index in [0.717, 1.165) is 29.9 Å². The number of hydrogen-bond donors (Lipinski definition) is 0. The van der Waals surface area contributed by atoms with Gasteiger partial charge in [-0.3, -0.25) is 0 Å². The van der Waals surface area contributed by atoms with Crippen LogP contribution in [0.25, 0.3) is 11.1 Å². The second-order valence-corrected chi connectivity index (χ2v) is 4.42. The van der Waals surface area contributed by atoms with Crippen molar-refractivity contribution in [3.05, 3.63) is 46.7 Å². The summed E-state index contributed by atoms with van der Waals surface area (Å²) < 4.78 is 5.47. The van der Waals surface area contributed by atoms with Gasteiger partial charge >= 0.3 is 0 Å². The van der Waals surface area contributed by atoms with Crippen LogP contribution in [0.1, 0.15) is 11.1 Å². The SMILES string of the molecule is N#Cc1c(-c2ccc3c(c2)CCO3)ccnc1Cl. The molecule has 1 aliphatic heterocycles. The lowest BCUT2D eigenvalue weighted by molar-refractivity contribution is 0.357. The highest BCUT2D eigenvalue weighted by molar-refractivity contribution is 6.31. The Bertz CT molecular complexity index is 661. The van der Waals surface area contributed by atoms with Gasteiger partial charge in [-0.05, 0) is 29.3 Å². The fraction of sp³-hybridized carbons (Fsp3) is 0.143. The number of nitrogens with zero attached hydrogens (tertiary/aromatic N) is 2. The molecule has 18 heavy (non-hydrogen) atoms. The summed E-state index contributed by atoms with van der Waals surface area (Å²) in [5.41, 5.74) is 3.37. The number of benzene rings is 1. The average molecular weight is 257 g/mol. The molecule has 0 fully saturated rings. The molecule has 0 N–H and O–H groups in total. The highest BCUT2D eigenvalue weighted by atomic mass is 35.5. The zero-order valence-electron chi connectivity index (χ0n) is 9.48. The van der Waals surface area contributed by atoms with E-state index >= 15 is 0 Å². The maximum Gasteiger partial charge on any atom is 0.147 e. The third-order valence-corrected chi connectivity index (χ3v) is 3.30. The minimum absolute atomic E-state index is 0.242. The van der Waals surface area contributed by atoms with E-state index < -0.39 is 0 Å². The van der Waals surface area contributed by atoms with Crippen LogP contribution in [0.4, 0.5) is 0 Å². The van der Waals surface area contributed by atoms with Gasteiger partial charge in [-0.2, -0.15) is 5.26 Å². The van der Waals surface area contributed by atoms with Crippen LogP contribution in [0.2, 0.25) is 5.15 Å². The molecule has 0 bridgehead atoms. The van der Waals surface area contributed by atoms with Gasteiger partial charge in [-0.25, -0.2) is 4.98 Å². The Balaban J connectivity index is 2.16. The number of nitriles is 1. The van der Waals surface area contributed by atoms with Crippen molar-refractivity contribution >= 4 is 11.6 Å². The van der Waals surface area contributed by atoms with Gasteiger partial charge < -0.3 is 4.74 Å². The van der Waals surface area contributed by atoms with E-state index in [1.165, 1.54) is 5.56 Å². The van der Waals surface area contributed by atoms with E-state index in [0.29, 0.717) is 5.56 Å². The van der Waals surface area contributed by atoms with Gasteiger partial charge in [0.1, 0.15) is 17.0 Å². The number of fused-ring (bicyclic) bond motifs is 1. The Kier molecular flexibility index (Phi) is 2.66. The lowest BCUT2D eigenvalue weighted by atomic mass is 9.99. The van der Waals surface area contributed by atoms with Gasteiger partial charge in [0.15, 0.2) is 0 Å². The van der Waals surface area contributed by atoms with Crippen LogP contribution in [0, 0.1) is 11.3 Å². The summed E-state index contributed by atoms with van der Waals surface area (Å²) in [5, 5.41) is 9.40. The van der Waals surface area contributed by atoms with Crippen LogP contribution in [0.15, 0.2) is 30.5 Å². The monoisotopic (exact) mass is 256 g/mol. The van der Waals surface area contributed by atoms with Crippen molar-refractivity contribution in [3.8, 4) is 22.9 Å². The summed E-state index contributed by atoms with van der Waals surface area (Å²) in [7, 11) is 0. The summed E-state index contributed by atoms with van der Waals surface area (Å²) in [6.07, 6.45) is 2.52. The first-order valence-electron chi connectivity index (χ1n) is 5.60. The maximum absolute atomic E-state index is 9.15. The molecule has 1 aromatic heterocycles. The largest absolute Gasteiger partial charge is 0.493 e. The number of ether oxygens (including phenoxy) is 1. The predicted octanol–water partition coefficient (Wildman–Crippen LogP) is 3.21. The quantitative estimate of drug-likeness (QED) is 0.736. The Morgan fingerprint density at radius 3 is 3.06 bits per heavy atom. The molecule has 3 rings (SSSR count). The van der Waals surface area contributed by atoms with Gasteiger partial charge in [0.2, 0.25) is 0 Å². The molecule has 0 saturated heterocycles. The summed E-state index contributed by atoms with van der Waals surface area (Å²) in [6.45, 7) is 0.723. The minimum atomic E-state index is 0.242. The zero-order chi connectivity index (χ0) is 12.5. The lowest BCUT2D eigenvalue weighted by Gasteiger charge is -2.07. The van der Waals surface area contributed by atoms with Crippen molar-refractivity contribution in [2.75, 3.05) is 6.61 Å². The Morgan fingerprint density at radius 2 is 2.22 bits per heavy atom. The summed E-state index contributed by atoms with van der Waals surface area (Å²) in [6, 6.07) is 9.84. The van der Waals surface area contributed by atoms with Crippen LogP contribution in [-0.2, 0) is 6.42 Å². The van der Waals surface area contributed by atoms with Crippen LogP contribution < -0.4 is 4.74 Å². The molecule has 1 aromatic carbocycles. The number of halogens is 1. The molecule has 0 unspecified atom stereocenters. The van der Waals surface area contributed by atoms with Gasteiger partial charge in [0.25, 0.3) is 0 Å². The summed E-state index contributed by atoms with van der Waals surface area (Å²) in [4.78, 5) is 3.93. The number of aromatic nitrogens is 1. The van der Waals surface area contributed by atoms with Crippen molar-refractivity contribution in [1.29, 1.82) is 5.26 Å². The van der Waals surface area contributed by atoms with Crippen molar-refractivity contribution in [2.24, 2.45) is 0 Å². The predicted molar refractivity (Wildman–Crippen MR) is 68.6 cm³/mol. The van der Waals surface area contributed by atoms with Gasteiger partial charge in [0, 0.05) is 18.2 Å². The average Bonchev–Trinajstić information content (AvgIpc) is 2.85. The first-order chi connectivity index (χ1) is 8.79. The highest BCUT2D eigenvalue weighted by Gasteiger charge is 2.15. The molecule has 2 aromatic rings. The Labute approximate surface area is 110 Å². The Morgan fingerprint density at radius 1 is 1.33 bits per heavy atom. The van der Waals surface area contributed by atoms with E-state index in [1.54, 1.807) is 6.20 Å². The minimum Gasteiger partial charge on any atom is -0.493 e. The van der Waals surface area contributed by atoms with Gasteiger partial charge in [-0.15, -0.1) is 0 Å². The number of rotatable bonds is 1. The fourth-order valence-corrected chi connectivity index (χ4v) is 2.34. The molecule has 0 saturated carbocycles. The number of pyridine rings is 1. The molecule has 0 amide bonds. The molecule has 2 heterocycles. The molecule has 0 spiro atoms. The molecule has 1 aliphatic rings. The molecular formula is C14H9ClN2O. The topological polar surface area (TPSA) is 45.9 Å². The molecular weight excluding hydrogens is 248 g/mol. The van der Waals surface area contributed by atoms with E-state index in [9.17, 15) is 0 Å². The molecule has 0 aliphatic carbocycles. The van der Waals surface area contributed by atoms with Crippen molar-refractivity contribution in [3.63, 3.8) is 0 Å². The van der Waals surface area contributed by atoms with Crippen molar-refractivity contribution in [1.82, 2.24) is 4.98 Å². The van der Waals surface area contributed by atoms with Crippen molar-refractivity contribution < 1.29 is 4.74 Å². The first-order valence-corrected chi connectivity index (χ1v) is 5.98. The van der Waals surface area contributed by atoms with Crippen LogP contribution in [-0.4, -0.2) is 11.6 Å². The number of hydrogen-bond acceptors (Lipinski definition) is 3. The van der Waals surface area contributed by atoms with Crippen LogP contribution in [0.3, 0.4) is 0 Å². The van der Waals surface area contributed by atoms with E-state index in [2.05, 4.69) is 17.1 Å². The molecule has 0 radical (unpaired) electrons. The van der Waals surface area contributed by atoms with E-state index in [4.69, 9.17) is 21.6 Å². The molecule has 88 valence electrons. The van der Waals surface area contributed by atoms with Gasteiger partial charge in [0.05, 0.1) is 12.2 Å². The van der Waals surface area contributed by atoms with Crippen LogP contribution >= 0.6 is 11.6 Å².